The van der Waals surface area contributed by atoms with Gasteiger partial charge in [-0.05, 0) is 73.0 Å². The van der Waals surface area contributed by atoms with Crippen molar-refractivity contribution in [2.45, 2.75) is 17.7 Å². The van der Waals surface area contributed by atoms with Gasteiger partial charge in [0.25, 0.3) is 15.9 Å². The molecular weight excluding hydrogens is 436 g/mol. The molecule has 0 radical (unpaired) electrons. The van der Waals surface area contributed by atoms with Gasteiger partial charge in [-0.15, -0.1) is 0 Å². The lowest BCUT2D eigenvalue weighted by molar-refractivity contribution is 0.102. The molecule has 1 heterocycles. The van der Waals surface area contributed by atoms with Crippen LogP contribution >= 0.6 is 11.6 Å². The van der Waals surface area contributed by atoms with E-state index in [1.54, 1.807) is 48.5 Å². The van der Waals surface area contributed by atoms with Crippen LogP contribution in [0.2, 0.25) is 5.02 Å². The maximum absolute atomic E-state index is 13.3. The van der Waals surface area contributed by atoms with Gasteiger partial charge in [-0.2, -0.15) is 0 Å². The maximum atomic E-state index is 13.3. The van der Waals surface area contributed by atoms with Crippen molar-refractivity contribution in [3.8, 4) is 5.75 Å². The summed E-state index contributed by atoms with van der Waals surface area (Å²) in [5.41, 5.74) is 2.43. The number of ether oxygens (including phenoxy) is 1. The van der Waals surface area contributed by atoms with Gasteiger partial charge in [0.2, 0.25) is 0 Å². The van der Waals surface area contributed by atoms with Gasteiger partial charge in [-0.1, -0.05) is 23.7 Å². The Morgan fingerprint density at radius 2 is 1.84 bits per heavy atom. The number of carbonyl (C=O) groups excluding carboxylic acids is 1. The molecule has 0 saturated carbocycles. The minimum atomic E-state index is -3.76. The van der Waals surface area contributed by atoms with Gasteiger partial charge in [0.1, 0.15) is 5.75 Å². The molecule has 1 aliphatic rings. The second kappa shape index (κ2) is 8.61. The summed E-state index contributed by atoms with van der Waals surface area (Å²) in [5.74, 6) is 0.270. The number of benzene rings is 3. The van der Waals surface area contributed by atoms with E-state index in [1.165, 1.54) is 23.5 Å². The van der Waals surface area contributed by atoms with Crippen LogP contribution in [0.4, 0.5) is 11.4 Å². The molecule has 6 nitrogen and oxygen atoms in total. The summed E-state index contributed by atoms with van der Waals surface area (Å²) >= 11 is 5.97. The van der Waals surface area contributed by atoms with Gasteiger partial charge in [-0.25, -0.2) is 8.42 Å². The summed E-state index contributed by atoms with van der Waals surface area (Å²) < 4.78 is 33.2. The summed E-state index contributed by atoms with van der Waals surface area (Å²) in [6, 6.07) is 18.3. The average molecular weight is 457 g/mol. The Kier molecular flexibility index (Phi) is 5.89. The van der Waals surface area contributed by atoms with Crippen LogP contribution in [0.5, 0.6) is 5.75 Å². The lowest BCUT2D eigenvalue weighted by Crippen LogP contribution is -2.35. The summed E-state index contributed by atoms with van der Waals surface area (Å²) in [6.07, 6.45) is 1.49. The van der Waals surface area contributed by atoms with Crippen LogP contribution < -0.4 is 14.4 Å². The van der Waals surface area contributed by atoms with Crippen LogP contribution in [-0.2, 0) is 16.4 Å². The number of rotatable bonds is 5. The zero-order valence-electron chi connectivity index (χ0n) is 16.8. The molecule has 0 atom stereocenters. The van der Waals surface area contributed by atoms with E-state index in [2.05, 4.69) is 5.32 Å². The lowest BCUT2D eigenvalue weighted by Gasteiger charge is -2.31. The fourth-order valence-electron chi connectivity index (χ4n) is 3.58. The highest BCUT2D eigenvalue weighted by molar-refractivity contribution is 7.92. The van der Waals surface area contributed by atoms with Crippen LogP contribution in [0.15, 0.2) is 71.6 Å². The van der Waals surface area contributed by atoms with Crippen molar-refractivity contribution >= 4 is 38.9 Å². The molecule has 3 aromatic carbocycles. The number of hydrogen-bond acceptors (Lipinski definition) is 4. The largest absolute Gasteiger partial charge is 0.497 e. The van der Waals surface area contributed by atoms with E-state index in [-0.39, 0.29) is 10.8 Å². The number of nitrogens with one attached hydrogen (secondary N) is 1. The number of sulfonamides is 1. The van der Waals surface area contributed by atoms with Crippen LogP contribution in [-0.4, -0.2) is 28.0 Å². The molecule has 8 heteroatoms. The Balaban J connectivity index is 1.65. The number of methoxy groups -OCH3 is 1. The van der Waals surface area contributed by atoms with Crippen molar-refractivity contribution in [3.63, 3.8) is 0 Å². The van der Waals surface area contributed by atoms with Crippen LogP contribution in [0.1, 0.15) is 22.3 Å². The second-order valence-corrected chi connectivity index (χ2v) is 9.46. The molecule has 160 valence electrons. The van der Waals surface area contributed by atoms with E-state index in [9.17, 15) is 13.2 Å². The Bertz CT molecular complexity index is 1230. The number of fused-ring (bicyclic) bond motifs is 1. The molecule has 3 aromatic rings. The standard InChI is InChI=1S/C23H21ClN2O4S/c1-30-20-9-11-21(12-10-20)31(28,29)26-13-3-5-16-7-8-19(15-22(16)26)25-23(27)17-4-2-6-18(24)14-17/h2,4,6-12,14-15H,3,5,13H2,1H3,(H,25,27). The van der Waals surface area contributed by atoms with Gasteiger partial charge >= 0.3 is 0 Å². The Labute approximate surface area is 186 Å². The first kappa shape index (κ1) is 21.2. The summed E-state index contributed by atoms with van der Waals surface area (Å²) in [4.78, 5) is 12.8. The number of aryl methyl sites for hydroxylation is 1. The number of hydrogen-bond donors (Lipinski definition) is 1. The molecule has 4 rings (SSSR count). The third-order valence-electron chi connectivity index (χ3n) is 5.15. The lowest BCUT2D eigenvalue weighted by atomic mass is 10.0. The molecule has 1 N–H and O–H groups in total. The normalized spacial score (nSPS) is 13.4. The van der Waals surface area contributed by atoms with Crippen molar-refractivity contribution in [2.75, 3.05) is 23.3 Å². The molecule has 0 unspecified atom stereocenters. The Hall–Kier alpha value is -3.03. The van der Waals surface area contributed by atoms with E-state index in [4.69, 9.17) is 16.3 Å². The van der Waals surface area contributed by atoms with Gasteiger partial charge in [0.05, 0.1) is 17.7 Å². The van der Waals surface area contributed by atoms with Crippen molar-refractivity contribution in [2.24, 2.45) is 0 Å². The third kappa shape index (κ3) is 4.38. The highest BCUT2D eigenvalue weighted by Gasteiger charge is 2.29. The van der Waals surface area contributed by atoms with Crippen molar-refractivity contribution in [1.82, 2.24) is 0 Å². The second-order valence-electron chi connectivity index (χ2n) is 7.16. The number of nitrogens with zero attached hydrogens (tertiary/aromatic N) is 1. The van der Waals surface area contributed by atoms with Gasteiger partial charge < -0.3 is 10.1 Å². The molecule has 1 amide bonds. The molecule has 0 aromatic heterocycles. The Morgan fingerprint density at radius 1 is 1.06 bits per heavy atom. The highest BCUT2D eigenvalue weighted by atomic mass is 35.5. The van der Waals surface area contributed by atoms with E-state index in [0.717, 1.165) is 18.4 Å². The molecule has 0 fully saturated rings. The number of anilines is 2. The van der Waals surface area contributed by atoms with E-state index >= 15 is 0 Å². The summed E-state index contributed by atoms with van der Waals surface area (Å²) in [5, 5.41) is 3.29. The number of halogens is 1. The highest BCUT2D eigenvalue weighted by Crippen LogP contribution is 2.34. The van der Waals surface area contributed by atoms with Crippen LogP contribution in [0.25, 0.3) is 0 Å². The SMILES string of the molecule is COc1ccc(S(=O)(=O)N2CCCc3ccc(NC(=O)c4cccc(Cl)c4)cc32)cc1. The first-order valence-corrected chi connectivity index (χ1v) is 11.6. The first-order chi connectivity index (χ1) is 14.9. The Morgan fingerprint density at radius 3 is 2.55 bits per heavy atom. The fourth-order valence-corrected chi connectivity index (χ4v) is 5.30. The number of carbonyl (C=O) groups is 1. The quantitative estimate of drug-likeness (QED) is 0.601. The van der Waals surface area contributed by atoms with Gasteiger partial charge in [0, 0.05) is 22.8 Å². The van der Waals surface area contributed by atoms with E-state index < -0.39 is 10.0 Å². The minimum Gasteiger partial charge on any atom is -0.497 e. The molecular formula is C23H21ClN2O4S. The molecule has 0 bridgehead atoms. The van der Waals surface area contributed by atoms with Gasteiger partial charge in [-0.3, -0.25) is 9.10 Å². The molecule has 0 saturated heterocycles. The monoisotopic (exact) mass is 456 g/mol. The van der Waals surface area contributed by atoms with Crippen molar-refractivity contribution in [3.05, 3.63) is 82.9 Å². The van der Waals surface area contributed by atoms with Crippen LogP contribution in [0, 0.1) is 0 Å². The predicted octanol–water partition coefficient (Wildman–Crippen LogP) is 4.74. The number of amides is 1. The molecule has 0 spiro atoms. The molecule has 31 heavy (non-hydrogen) atoms. The summed E-state index contributed by atoms with van der Waals surface area (Å²) in [6.45, 7) is 0.368. The average Bonchev–Trinajstić information content (AvgIpc) is 2.78. The zero-order valence-corrected chi connectivity index (χ0v) is 18.4. The zero-order chi connectivity index (χ0) is 22.0. The minimum absolute atomic E-state index is 0.189. The molecule has 0 aliphatic carbocycles. The van der Waals surface area contributed by atoms with Crippen molar-refractivity contribution < 1.29 is 17.9 Å². The van der Waals surface area contributed by atoms with Crippen molar-refractivity contribution in [1.29, 1.82) is 0 Å². The smallest absolute Gasteiger partial charge is 0.264 e. The predicted molar refractivity (Wildman–Crippen MR) is 122 cm³/mol. The topological polar surface area (TPSA) is 75.7 Å². The van der Waals surface area contributed by atoms with E-state index in [0.29, 0.717) is 34.3 Å². The summed E-state index contributed by atoms with van der Waals surface area (Å²) in [7, 11) is -2.22. The fraction of sp³-hybridized carbons (Fsp3) is 0.174. The first-order valence-electron chi connectivity index (χ1n) is 9.75. The van der Waals surface area contributed by atoms with Crippen LogP contribution in [0.3, 0.4) is 0 Å². The van der Waals surface area contributed by atoms with Gasteiger partial charge in [0.15, 0.2) is 0 Å². The molecule has 1 aliphatic heterocycles. The van der Waals surface area contributed by atoms with E-state index in [1.807, 2.05) is 6.07 Å². The third-order valence-corrected chi connectivity index (χ3v) is 7.22. The maximum Gasteiger partial charge on any atom is 0.264 e.